The monoisotopic (exact) mass is 552 g/mol. The van der Waals surface area contributed by atoms with E-state index in [0.717, 1.165) is 0 Å². The second-order valence-electron chi connectivity index (χ2n) is 9.44. The van der Waals surface area contributed by atoms with Gasteiger partial charge in [0.25, 0.3) is 0 Å². The van der Waals surface area contributed by atoms with Crippen LogP contribution in [0.25, 0.3) is 0 Å². The lowest BCUT2D eigenvalue weighted by molar-refractivity contribution is -0.325. The predicted octanol–water partition coefficient (Wildman–Crippen LogP) is 4.86. The SMILES string of the molecule is CC(C)(C)OC(=O)N1C[C@@H](Nc2ccc3c(c2)OC(F)(F)O3)CC[C@@H]1c1nnc(OCCOC(F)(F)F)o1. The summed E-state index contributed by atoms with van der Waals surface area (Å²) >= 11 is 0. The molecule has 210 valence electrons. The summed E-state index contributed by atoms with van der Waals surface area (Å²) < 4.78 is 91.5. The maximum absolute atomic E-state index is 13.3. The highest BCUT2D eigenvalue weighted by Gasteiger charge is 2.44. The van der Waals surface area contributed by atoms with E-state index in [1.807, 2.05) is 0 Å². The van der Waals surface area contributed by atoms with Gasteiger partial charge in [-0.2, -0.15) is 0 Å². The molecule has 0 aliphatic carbocycles. The first-order chi connectivity index (χ1) is 17.7. The number of hydrogen-bond donors (Lipinski definition) is 1. The molecule has 2 aliphatic heterocycles. The Morgan fingerprint density at radius 1 is 1.13 bits per heavy atom. The zero-order valence-electron chi connectivity index (χ0n) is 20.5. The molecule has 0 saturated carbocycles. The fraction of sp³-hybridized carbons (Fsp3) is 0.591. The van der Waals surface area contributed by atoms with Crippen molar-refractivity contribution in [1.29, 1.82) is 0 Å². The van der Waals surface area contributed by atoms with Gasteiger partial charge in [-0.25, -0.2) is 4.79 Å². The van der Waals surface area contributed by atoms with Gasteiger partial charge in [0.15, 0.2) is 11.5 Å². The average Bonchev–Trinajstić information content (AvgIpc) is 3.37. The molecule has 1 aromatic carbocycles. The van der Waals surface area contributed by atoms with Crippen LogP contribution in [-0.4, -0.2) is 65.2 Å². The largest absolute Gasteiger partial charge is 0.586 e. The number of rotatable bonds is 7. The van der Waals surface area contributed by atoms with Crippen molar-refractivity contribution in [2.45, 2.75) is 64.0 Å². The number of nitrogens with one attached hydrogen (secondary N) is 1. The van der Waals surface area contributed by atoms with Crippen molar-refractivity contribution in [2.24, 2.45) is 0 Å². The summed E-state index contributed by atoms with van der Waals surface area (Å²) in [4.78, 5) is 14.4. The van der Waals surface area contributed by atoms with Crippen LogP contribution in [0.1, 0.15) is 45.5 Å². The number of nitrogens with zero attached hydrogens (tertiary/aromatic N) is 3. The third-order valence-electron chi connectivity index (χ3n) is 5.26. The lowest BCUT2D eigenvalue weighted by atomic mass is 9.98. The Bertz CT molecular complexity index is 1140. The number of benzene rings is 1. The van der Waals surface area contributed by atoms with Crippen LogP contribution >= 0.6 is 0 Å². The molecule has 2 atom stereocenters. The maximum Gasteiger partial charge on any atom is 0.586 e. The van der Waals surface area contributed by atoms with Crippen molar-refractivity contribution in [3.8, 4) is 17.6 Å². The number of aromatic nitrogens is 2. The number of carbonyl (C=O) groups is 1. The van der Waals surface area contributed by atoms with Crippen LogP contribution in [0.5, 0.6) is 17.6 Å². The lowest BCUT2D eigenvalue weighted by Crippen LogP contribution is -2.48. The summed E-state index contributed by atoms with van der Waals surface area (Å²) in [5.41, 5.74) is -0.348. The first kappa shape index (κ1) is 27.5. The highest BCUT2D eigenvalue weighted by Crippen LogP contribution is 2.42. The smallest absolute Gasteiger partial charge is 0.447 e. The van der Waals surface area contributed by atoms with Crippen LogP contribution in [0.3, 0.4) is 0 Å². The van der Waals surface area contributed by atoms with Gasteiger partial charge in [0, 0.05) is 24.3 Å². The molecular weight excluding hydrogens is 527 g/mol. The van der Waals surface area contributed by atoms with Gasteiger partial charge < -0.3 is 28.7 Å². The van der Waals surface area contributed by atoms with Crippen LogP contribution in [0.2, 0.25) is 0 Å². The topological polar surface area (TPSA) is 117 Å². The first-order valence-corrected chi connectivity index (χ1v) is 11.5. The van der Waals surface area contributed by atoms with E-state index in [0.29, 0.717) is 18.5 Å². The first-order valence-electron chi connectivity index (χ1n) is 11.5. The van der Waals surface area contributed by atoms with Gasteiger partial charge in [-0.15, -0.1) is 27.1 Å². The molecule has 0 bridgehead atoms. The second kappa shape index (κ2) is 10.3. The molecule has 0 unspecified atom stereocenters. The van der Waals surface area contributed by atoms with E-state index in [1.165, 1.54) is 23.1 Å². The number of halogens is 5. The zero-order valence-corrected chi connectivity index (χ0v) is 20.5. The molecular formula is C22H25F5N4O7. The minimum atomic E-state index is -4.80. The van der Waals surface area contributed by atoms with Gasteiger partial charge in [-0.3, -0.25) is 9.64 Å². The molecule has 1 fully saturated rings. The second-order valence-corrected chi connectivity index (χ2v) is 9.44. The number of piperidine rings is 1. The number of alkyl halides is 5. The van der Waals surface area contributed by atoms with Crippen molar-refractivity contribution in [3.05, 3.63) is 24.1 Å². The average molecular weight is 552 g/mol. The number of anilines is 1. The number of carbonyl (C=O) groups excluding carboxylic acids is 1. The highest BCUT2D eigenvalue weighted by atomic mass is 19.4. The standard InChI is InChI=1S/C22H25F5N4O7/c1-20(2,3)38-19(32)31-11-13(28-12-5-7-15-16(10-12)37-22(26,27)36-15)4-6-14(31)17-29-30-18(35-17)33-8-9-34-21(23,24)25/h5,7,10,13-14,28H,4,6,8-9,11H2,1-3H3/t13-,14+/m0/s1. The molecule has 38 heavy (non-hydrogen) atoms. The van der Waals surface area contributed by atoms with E-state index in [2.05, 4.69) is 29.7 Å². The zero-order chi connectivity index (χ0) is 27.7. The number of fused-ring (bicyclic) bond motifs is 1. The number of ether oxygens (including phenoxy) is 5. The third kappa shape index (κ3) is 7.26. The molecule has 0 spiro atoms. The van der Waals surface area contributed by atoms with Crippen molar-refractivity contribution < 1.29 is 54.8 Å². The highest BCUT2D eigenvalue weighted by molar-refractivity contribution is 5.69. The minimum absolute atomic E-state index is 0.00589. The van der Waals surface area contributed by atoms with E-state index in [-0.39, 0.29) is 36.1 Å². The van der Waals surface area contributed by atoms with Crippen molar-refractivity contribution in [3.63, 3.8) is 0 Å². The molecule has 2 aromatic rings. The Morgan fingerprint density at radius 3 is 2.58 bits per heavy atom. The summed E-state index contributed by atoms with van der Waals surface area (Å²) in [7, 11) is 0. The lowest BCUT2D eigenvalue weighted by Gasteiger charge is -2.39. The minimum Gasteiger partial charge on any atom is -0.447 e. The fourth-order valence-corrected chi connectivity index (χ4v) is 3.84. The van der Waals surface area contributed by atoms with E-state index in [1.54, 1.807) is 20.8 Å². The van der Waals surface area contributed by atoms with Crippen LogP contribution in [0.4, 0.5) is 32.4 Å². The number of hydrogen-bond acceptors (Lipinski definition) is 10. The molecule has 2 aliphatic rings. The van der Waals surface area contributed by atoms with Gasteiger partial charge >= 0.3 is 24.8 Å². The summed E-state index contributed by atoms with van der Waals surface area (Å²) in [6.07, 6.45) is -8.77. The van der Waals surface area contributed by atoms with E-state index < -0.39 is 43.6 Å². The molecule has 4 rings (SSSR count). The molecule has 1 amide bonds. The van der Waals surface area contributed by atoms with Crippen LogP contribution < -0.4 is 19.5 Å². The van der Waals surface area contributed by atoms with Crippen LogP contribution in [-0.2, 0) is 9.47 Å². The maximum atomic E-state index is 13.3. The molecule has 0 radical (unpaired) electrons. The molecule has 1 saturated heterocycles. The molecule has 1 N–H and O–H groups in total. The van der Waals surface area contributed by atoms with E-state index >= 15 is 0 Å². The normalized spacial score (nSPS) is 20.8. The van der Waals surface area contributed by atoms with Gasteiger partial charge in [-0.05, 0) is 45.7 Å². The Balaban J connectivity index is 1.43. The van der Waals surface area contributed by atoms with Crippen LogP contribution in [0.15, 0.2) is 22.6 Å². The van der Waals surface area contributed by atoms with E-state index in [4.69, 9.17) is 13.9 Å². The Labute approximate surface area is 213 Å². The molecule has 1 aromatic heterocycles. The van der Waals surface area contributed by atoms with Gasteiger partial charge in [0.1, 0.15) is 18.2 Å². The Kier molecular flexibility index (Phi) is 7.45. The van der Waals surface area contributed by atoms with Gasteiger partial charge in [0.05, 0.1) is 6.61 Å². The van der Waals surface area contributed by atoms with Gasteiger partial charge in [-0.1, -0.05) is 5.10 Å². The summed E-state index contributed by atoms with van der Waals surface area (Å²) in [6, 6.07) is 3.21. The van der Waals surface area contributed by atoms with Crippen molar-refractivity contribution in [1.82, 2.24) is 15.1 Å². The molecule has 11 nitrogen and oxygen atoms in total. The Morgan fingerprint density at radius 2 is 1.87 bits per heavy atom. The molecule has 3 heterocycles. The predicted molar refractivity (Wildman–Crippen MR) is 117 cm³/mol. The number of likely N-dealkylation sites (tertiary alicyclic amines) is 1. The fourth-order valence-electron chi connectivity index (χ4n) is 3.84. The Hall–Kier alpha value is -3.56. The number of amides is 1. The van der Waals surface area contributed by atoms with Gasteiger partial charge in [0.2, 0.25) is 5.89 Å². The third-order valence-corrected chi connectivity index (χ3v) is 5.26. The van der Waals surface area contributed by atoms with Crippen LogP contribution in [0, 0.1) is 0 Å². The van der Waals surface area contributed by atoms with E-state index in [9.17, 15) is 26.7 Å². The van der Waals surface area contributed by atoms with Crippen molar-refractivity contribution >= 4 is 11.8 Å². The summed E-state index contributed by atoms with van der Waals surface area (Å²) in [5, 5.41) is 10.7. The quantitative estimate of drug-likeness (QED) is 0.377. The summed E-state index contributed by atoms with van der Waals surface area (Å²) in [6.45, 7) is 3.94. The molecule has 16 heteroatoms. The summed E-state index contributed by atoms with van der Waals surface area (Å²) in [5.74, 6) is -0.220. The van der Waals surface area contributed by atoms with Crippen molar-refractivity contribution in [2.75, 3.05) is 25.1 Å².